The van der Waals surface area contributed by atoms with Gasteiger partial charge in [0.25, 0.3) is 0 Å². The van der Waals surface area contributed by atoms with Crippen LogP contribution in [0.3, 0.4) is 0 Å². The van der Waals surface area contributed by atoms with Crippen LogP contribution in [0.15, 0.2) is 54.6 Å². The molecule has 2 aromatic rings. The summed E-state index contributed by atoms with van der Waals surface area (Å²) in [6.45, 7) is 6.84. The highest BCUT2D eigenvalue weighted by Crippen LogP contribution is 2.33. The van der Waals surface area contributed by atoms with Gasteiger partial charge in [-0.2, -0.15) is 0 Å². The number of para-hydroxylation sites is 1. The van der Waals surface area contributed by atoms with Gasteiger partial charge in [0.1, 0.15) is 5.75 Å². The summed E-state index contributed by atoms with van der Waals surface area (Å²) in [5.74, 6) is -1.47. The zero-order chi connectivity index (χ0) is 22.9. The molecular weight excluding hydrogens is 408 g/mol. The lowest BCUT2D eigenvalue weighted by Gasteiger charge is -2.42. The van der Waals surface area contributed by atoms with Crippen molar-refractivity contribution in [1.29, 1.82) is 0 Å². The van der Waals surface area contributed by atoms with Gasteiger partial charge in [-0.3, -0.25) is 14.5 Å². The molecule has 1 fully saturated rings. The van der Waals surface area contributed by atoms with E-state index in [1.54, 1.807) is 21.0 Å². The minimum atomic E-state index is -1.06. The van der Waals surface area contributed by atoms with Crippen molar-refractivity contribution in [3.63, 3.8) is 0 Å². The number of nitrogens with zero attached hydrogens (tertiary/aromatic N) is 2. The van der Waals surface area contributed by atoms with Crippen molar-refractivity contribution in [3.8, 4) is 5.75 Å². The van der Waals surface area contributed by atoms with E-state index in [0.717, 1.165) is 18.7 Å². The SMILES string of the molecule is CCOC(=O)C(C(=O)OCC)C(c1ccc(OC)cc1)N1CCN(c2ccccc2)CC1. The molecular formula is C25H32N2O5. The third-order valence-corrected chi connectivity index (χ3v) is 5.68. The van der Waals surface area contributed by atoms with Gasteiger partial charge in [-0.1, -0.05) is 30.3 Å². The van der Waals surface area contributed by atoms with E-state index in [0.29, 0.717) is 18.8 Å². The molecule has 1 aliphatic heterocycles. The monoisotopic (exact) mass is 440 g/mol. The number of ether oxygens (including phenoxy) is 3. The maximum absolute atomic E-state index is 12.9. The van der Waals surface area contributed by atoms with Crippen LogP contribution >= 0.6 is 0 Å². The average molecular weight is 441 g/mol. The molecule has 7 nitrogen and oxygen atoms in total. The molecule has 1 heterocycles. The summed E-state index contributed by atoms with van der Waals surface area (Å²) in [5.41, 5.74) is 2.02. The van der Waals surface area contributed by atoms with Crippen molar-refractivity contribution in [2.75, 3.05) is 51.4 Å². The number of carbonyl (C=O) groups excluding carboxylic acids is 2. The third kappa shape index (κ3) is 5.59. The van der Waals surface area contributed by atoms with Crippen LogP contribution in [-0.2, 0) is 19.1 Å². The first-order valence-electron chi connectivity index (χ1n) is 11.1. The van der Waals surface area contributed by atoms with Crippen molar-refractivity contribution in [1.82, 2.24) is 4.90 Å². The number of esters is 2. The van der Waals surface area contributed by atoms with Gasteiger partial charge in [0.05, 0.1) is 26.4 Å². The summed E-state index contributed by atoms with van der Waals surface area (Å²) < 4.78 is 15.9. The van der Waals surface area contributed by atoms with Crippen LogP contribution in [0.5, 0.6) is 5.75 Å². The summed E-state index contributed by atoms with van der Waals surface area (Å²) in [4.78, 5) is 30.4. The standard InChI is InChI=1S/C25H32N2O5/c1-4-31-24(28)22(25(29)32-5-2)23(19-11-13-21(30-3)14-12-19)27-17-15-26(16-18-27)20-9-7-6-8-10-20/h6-14,22-23H,4-5,15-18H2,1-3H3. The highest BCUT2D eigenvalue weighted by molar-refractivity contribution is 5.96. The first kappa shape index (κ1) is 23.6. The van der Waals surface area contributed by atoms with Crippen LogP contribution < -0.4 is 9.64 Å². The van der Waals surface area contributed by atoms with E-state index in [-0.39, 0.29) is 13.2 Å². The summed E-state index contributed by atoms with van der Waals surface area (Å²) in [6, 6.07) is 17.2. The second-order valence-corrected chi connectivity index (χ2v) is 7.56. The highest BCUT2D eigenvalue weighted by atomic mass is 16.6. The van der Waals surface area contributed by atoms with Gasteiger partial charge in [0, 0.05) is 31.9 Å². The molecule has 0 aromatic heterocycles. The van der Waals surface area contributed by atoms with Gasteiger partial charge in [0.15, 0.2) is 5.92 Å². The predicted octanol–water partition coefficient (Wildman–Crippen LogP) is 3.30. The zero-order valence-electron chi connectivity index (χ0n) is 19.0. The van der Waals surface area contributed by atoms with Gasteiger partial charge in [-0.05, 0) is 43.7 Å². The molecule has 1 aliphatic rings. The fraction of sp³-hybridized carbons (Fsp3) is 0.440. The second kappa shape index (κ2) is 11.5. The van der Waals surface area contributed by atoms with E-state index in [4.69, 9.17) is 14.2 Å². The van der Waals surface area contributed by atoms with Crippen LogP contribution in [-0.4, -0.2) is 63.3 Å². The fourth-order valence-electron chi connectivity index (χ4n) is 4.13. The Balaban J connectivity index is 1.90. The quantitative estimate of drug-likeness (QED) is 0.438. The molecule has 0 bridgehead atoms. The van der Waals surface area contributed by atoms with E-state index in [1.165, 1.54) is 5.69 Å². The molecule has 2 aromatic carbocycles. The second-order valence-electron chi connectivity index (χ2n) is 7.56. The number of benzene rings is 2. The first-order chi connectivity index (χ1) is 15.6. The van der Waals surface area contributed by atoms with E-state index >= 15 is 0 Å². The van der Waals surface area contributed by atoms with Gasteiger partial charge >= 0.3 is 11.9 Å². The number of rotatable bonds is 9. The van der Waals surface area contributed by atoms with Crippen molar-refractivity contribution in [2.24, 2.45) is 5.92 Å². The minimum absolute atomic E-state index is 0.200. The summed E-state index contributed by atoms with van der Waals surface area (Å²) >= 11 is 0. The molecule has 0 saturated carbocycles. The molecule has 3 rings (SSSR count). The molecule has 0 radical (unpaired) electrons. The van der Waals surface area contributed by atoms with Crippen molar-refractivity contribution >= 4 is 17.6 Å². The number of hydrogen-bond acceptors (Lipinski definition) is 7. The fourth-order valence-corrected chi connectivity index (χ4v) is 4.13. The van der Waals surface area contributed by atoms with Gasteiger partial charge in [0.2, 0.25) is 0 Å². The number of hydrogen-bond donors (Lipinski definition) is 0. The maximum Gasteiger partial charge on any atom is 0.322 e. The smallest absolute Gasteiger partial charge is 0.322 e. The van der Waals surface area contributed by atoms with Crippen LogP contribution in [0.25, 0.3) is 0 Å². The Morgan fingerprint density at radius 1 is 0.844 bits per heavy atom. The van der Waals surface area contributed by atoms with E-state index in [2.05, 4.69) is 21.9 Å². The van der Waals surface area contributed by atoms with E-state index in [1.807, 2.05) is 42.5 Å². The molecule has 172 valence electrons. The molecule has 1 saturated heterocycles. The lowest BCUT2D eigenvalue weighted by Crippen LogP contribution is -2.51. The average Bonchev–Trinajstić information content (AvgIpc) is 2.83. The lowest BCUT2D eigenvalue weighted by atomic mass is 9.90. The summed E-state index contributed by atoms with van der Waals surface area (Å²) in [5, 5.41) is 0. The van der Waals surface area contributed by atoms with Crippen LogP contribution in [0.4, 0.5) is 5.69 Å². The van der Waals surface area contributed by atoms with Crippen molar-refractivity contribution in [3.05, 3.63) is 60.2 Å². The lowest BCUT2D eigenvalue weighted by molar-refractivity contribution is -0.165. The summed E-state index contributed by atoms with van der Waals surface area (Å²) in [6.07, 6.45) is 0. The molecule has 0 amide bonds. The molecule has 32 heavy (non-hydrogen) atoms. The summed E-state index contributed by atoms with van der Waals surface area (Å²) in [7, 11) is 1.61. The molecule has 7 heteroatoms. The predicted molar refractivity (Wildman–Crippen MR) is 123 cm³/mol. The minimum Gasteiger partial charge on any atom is -0.497 e. The van der Waals surface area contributed by atoms with Crippen LogP contribution in [0, 0.1) is 5.92 Å². The maximum atomic E-state index is 12.9. The first-order valence-corrected chi connectivity index (χ1v) is 11.1. The van der Waals surface area contributed by atoms with Gasteiger partial charge in [-0.15, -0.1) is 0 Å². The number of piperazine rings is 1. The topological polar surface area (TPSA) is 68.3 Å². The third-order valence-electron chi connectivity index (χ3n) is 5.68. The number of methoxy groups -OCH3 is 1. The normalized spacial score (nSPS) is 15.3. The number of carbonyl (C=O) groups is 2. The Morgan fingerprint density at radius 2 is 1.41 bits per heavy atom. The number of anilines is 1. The Hall–Kier alpha value is -3.06. The Labute approximate surface area is 189 Å². The van der Waals surface area contributed by atoms with Crippen molar-refractivity contribution < 1.29 is 23.8 Å². The van der Waals surface area contributed by atoms with Crippen molar-refractivity contribution in [2.45, 2.75) is 19.9 Å². The Kier molecular flexibility index (Phi) is 8.50. The van der Waals surface area contributed by atoms with E-state index < -0.39 is 23.9 Å². The molecule has 1 atom stereocenters. The van der Waals surface area contributed by atoms with Crippen LogP contribution in [0.1, 0.15) is 25.5 Å². The molecule has 0 spiro atoms. The largest absolute Gasteiger partial charge is 0.497 e. The highest BCUT2D eigenvalue weighted by Gasteiger charge is 2.42. The van der Waals surface area contributed by atoms with E-state index in [9.17, 15) is 9.59 Å². The Bertz CT molecular complexity index is 846. The Morgan fingerprint density at radius 3 is 1.91 bits per heavy atom. The zero-order valence-corrected chi connectivity index (χ0v) is 19.0. The molecule has 1 unspecified atom stereocenters. The van der Waals surface area contributed by atoms with Crippen LogP contribution in [0.2, 0.25) is 0 Å². The molecule has 0 aliphatic carbocycles. The van der Waals surface area contributed by atoms with Gasteiger partial charge in [-0.25, -0.2) is 0 Å². The van der Waals surface area contributed by atoms with Gasteiger partial charge < -0.3 is 19.1 Å². The molecule has 0 N–H and O–H groups in total.